The standard InChI is InChI=1S/C28H25N3O2/c1-19-17-27(31(20(2)32)23-10-4-3-5-11-23)24-12-6-7-13-26(24)30(19)28(33)22-14-15-25-21(18-22)9-8-16-29-25/h3-16,18-19,27H,17H2,1-2H3. The molecule has 1 aromatic heterocycles. The van der Waals surface area contributed by atoms with Crippen molar-refractivity contribution in [1.82, 2.24) is 4.98 Å². The molecule has 0 bridgehead atoms. The second-order valence-corrected chi connectivity index (χ2v) is 8.47. The summed E-state index contributed by atoms with van der Waals surface area (Å²) in [5, 5.41) is 0.936. The van der Waals surface area contributed by atoms with Crippen molar-refractivity contribution in [2.45, 2.75) is 32.4 Å². The minimum absolute atomic E-state index is 0.0185. The number of hydrogen-bond acceptors (Lipinski definition) is 3. The van der Waals surface area contributed by atoms with E-state index in [1.165, 1.54) is 0 Å². The molecule has 0 N–H and O–H groups in total. The van der Waals surface area contributed by atoms with E-state index >= 15 is 0 Å². The van der Waals surface area contributed by atoms with Gasteiger partial charge < -0.3 is 9.80 Å². The van der Waals surface area contributed by atoms with E-state index in [1.807, 2.05) is 102 Å². The first-order valence-electron chi connectivity index (χ1n) is 11.2. The maximum absolute atomic E-state index is 13.7. The Bertz CT molecular complexity index is 1340. The lowest BCUT2D eigenvalue weighted by atomic mass is 9.89. The summed E-state index contributed by atoms with van der Waals surface area (Å²) in [7, 11) is 0. The normalized spacial score (nSPS) is 17.5. The molecule has 164 valence electrons. The fourth-order valence-corrected chi connectivity index (χ4v) is 4.85. The summed E-state index contributed by atoms with van der Waals surface area (Å²) >= 11 is 0. The number of rotatable bonds is 3. The number of pyridine rings is 1. The monoisotopic (exact) mass is 435 g/mol. The van der Waals surface area contributed by atoms with Gasteiger partial charge in [-0.3, -0.25) is 14.6 Å². The predicted molar refractivity (Wildman–Crippen MR) is 131 cm³/mol. The van der Waals surface area contributed by atoms with E-state index in [9.17, 15) is 9.59 Å². The number of carbonyl (C=O) groups is 2. The van der Waals surface area contributed by atoms with Gasteiger partial charge in [0.05, 0.1) is 11.6 Å². The molecule has 0 spiro atoms. The van der Waals surface area contributed by atoms with E-state index in [-0.39, 0.29) is 23.9 Å². The molecule has 2 unspecified atom stereocenters. The van der Waals surface area contributed by atoms with Crippen LogP contribution in [-0.4, -0.2) is 22.8 Å². The summed E-state index contributed by atoms with van der Waals surface area (Å²) in [5.74, 6) is -0.0664. The lowest BCUT2D eigenvalue weighted by Gasteiger charge is -2.43. The molecule has 0 saturated carbocycles. The molecule has 1 aliphatic heterocycles. The molecule has 0 radical (unpaired) electrons. The smallest absolute Gasteiger partial charge is 0.258 e. The van der Waals surface area contributed by atoms with Gasteiger partial charge in [-0.2, -0.15) is 0 Å². The quantitative estimate of drug-likeness (QED) is 0.411. The number of carbonyl (C=O) groups excluding carboxylic acids is 2. The third-order valence-electron chi connectivity index (χ3n) is 6.31. The van der Waals surface area contributed by atoms with Crippen molar-refractivity contribution >= 4 is 34.1 Å². The van der Waals surface area contributed by atoms with Crippen molar-refractivity contribution in [2.75, 3.05) is 9.80 Å². The van der Waals surface area contributed by atoms with Crippen LogP contribution >= 0.6 is 0 Å². The van der Waals surface area contributed by atoms with Gasteiger partial charge in [0.2, 0.25) is 5.91 Å². The molecule has 0 saturated heterocycles. The third kappa shape index (κ3) is 3.76. The van der Waals surface area contributed by atoms with Gasteiger partial charge in [-0.25, -0.2) is 0 Å². The van der Waals surface area contributed by atoms with Crippen LogP contribution in [0.5, 0.6) is 0 Å². The van der Waals surface area contributed by atoms with Crippen molar-refractivity contribution in [3.05, 3.63) is 102 Å². The molecule has 2 heterocycles. The van der Waals surface area contributed by atoms with Crippen LogP contribution in [-0.2, 0) is 4.79 Å². The lowest BCUT2D eigenvalue weighted by molar-refractivity contribution is -0.117. The van der Waals surface area contributed by atoms with Gasteiger partial charge in [0.25, 0.3) is 5.91 Å². The summed E-state index contributed by atoms with van der Waals surface area (Å²) < 4.78 is 0. The number of para-hydroxylation sites is 2. The van der Waals surface area contributed by atoms with Crippen LogP contribution in [0.1, 0.15) is 42.2 Å². The molecule has 2 atom stereocenters. The Morgan fingerprint density at radius 3 is 2.48 bits per heavy atom. The number of benzene rings is 3. The van der Waals surface area contributed by atoms with Crippen LogP contribution in [0.25, 0.3) is 10.9 Å². The molecule has 2 amide bonds. The van der Waals surface area contributed by atoms with Crippen molar-refractivity contribution in [3.63, 3.8) is 0 Å². The van der Waals surface area contributed by atoms with Crippen LogP contribution in [0.15, 0.2) is 91.1 Å². The van der Waals surface area contributed by atoms with Gasteiger partial charge in [0.1, 0.15) is 0 Å². The lowest BCUT2D eigenvalue weighted by Crippen LogP contribution is -2.47. The Hall–Kier alpha value is -3.99. The highest BCUT2D eigenvalue weighted by atomic mass is 16.2. The largest absolute Gasteiger partial charge is 0.305 e. The van der Waals surface area contributed by atoms with Crippen LogP contribution in [0, 0.1) is 0 Å². The number of nitrogens with zero attached hydrogens (tertiary/aromatic N) is 3. The highest BCUT2D eigenvalue weighted by Gasteiger charge is 2.38. The van der Waals surface area contributed by atoms with Gasteiger partial charge in [0.15, 0.2) is 0 Å². The summed E-state index contributed by atoms with van der Waals surface area (Å²) in [4.78, 5) is 34.6. The number of aromatic nitrogens is 1. The van der Waals surface area contributed by atoms with Crippen molar-refractivity contribution < 1.29 is 9.59 Å². The Morgan fingerprint density at radius 1 is 0.939 bits per heavy atom. The van der Waals surface area contributed by atoms with Gasteiger partial charge >= 0.3 is 0 Å². The first kappa shape index (κ1) is 20.9. The molecule has 0 aliphatic carbocycles. The van der Waals surface area contributed by atoms with Gasteiger partial charge in [-0.05, 0) is 61.4 Å². The van der Waals surface area contributed by atoms with Crippen molar-refractivity contribution in [2.24, 2.45) is 0 Å². The van der Waals surface area contributed by atoms with E-state index < -0.39 is 0 Å². The SMILES string of the molecule is CC(=O)N(c1ccccc1)C1CC(C)N(C(=O)c2ccc3ncccc3c2)c2ccccc21. The summed E-state index contributed by atoms with van der Waals surface area (Å²) in [5.41, 5.74) is 4.17. The Kier molecular flexibility index (Phi) is 5.38. The molecular formula is C28H25N3O2. The maximum Gasteiger partial charge on any atom is 0.258 e. The first-order valence-corrected chi connectivity index (χ1v) is 11.2. The zero-order valence-corrected chi connectivity index (χ0v) is 18.7. The molecule has 3 aromatic carbocycles. The minimum atomic E-state index is -0.152. The van der Waals surface area contributed by atoms with Gasteiger partial charge in [0, 0.05) is 41.5 Å². The highest BCUT2D eigenvalue weighted by Crippen LogP contribution is 2.42. The second-order valence-electron chi connectivity index (χ2n) is 8.47. The summed E-state index contributed by atoms with van der Waals surface area (Å²) in [6.07, 6.45) is 2.40. The molecule has 1 aliphatic rings. The number of fused-ring (bicyclic) bond motifs is 2. The maximum atomic E-state index is 13.7. The topological polar surface area (TPSA) is 53.5 Å². The van der Waals surface area contributed by atoms with Gasteiger partial charge in [-0.1, -0.05) is 42.5 Å². The van der Waals surface area contributed by atoms with E-state index in [2.05, 4.69) is 4.98 Å². The molecule has 5 nitrogen and oxygen atoms in total. The molecular weight excluding hydrogens is 410 g/mol. The minimum Gasteiger partial charge on any atom is -0.305 e. The fraction of sp³-hybridized carbons (Fsp3) is 0.179. The van der Waals surface area contributed by atoms with E-state index in [0.29, 0.717) is 12.0 Å². The van der Waals surface area contributed by atoms with Crippen LogP contribution < -0.4 is 9.80 Å². The summed E-state index contributed by atoms with van der Waals surface area (Å²) in [6.45, 7) is 3.65. The fourth-order valence-electron chi connectivity index (χ4n) is 4.85. The summed E-state index contributed by atoms with van der Waals surface area (Å²) in [6, 6.07) is 26.9. The molecule has 4 aromatic rings. The molecule has 5 rings (SSSR count). The first-order chi connectivity index (χ1) is 16.0. The van der Waals surface area contributed by atoms with Crippen LogP contribution in [0.2, 0.25) is 0 Å². The molecule has 0 fully saturated rings. The number of hydrogen-bond donors (Lipinski definition) is 0. The van der Waals surface area contributed by atoms with E-state index in [1.54, 1.807) is 13.1 Å². The molecule has 5 heteroatoms. The van der Waals surface area contributed by atoms with Crippen molar-refractivity contribution in [1.29, 1.82) is 0 Å². The van der Waals surface area contributed by atoms with E-state index in [4.69, 9.17) is 0 Å². The Morgan fingerprint density at radius 2 is 1.70 bits per heavy atom. The van der Waals surface area contributed by atoms with Crippen LogP contribution in [0.4, 0.5) is 11.4 Å². The number of amides is 2. The van der Waals surface area contributed by atoms with Crippen molar-refractivity contribution in [3.8, 4) is 0 Å². The second kappa shape index (κ2) is 8.51. The zero-order chi connectivity index (χ0) is 22.9. The predicted octanol–water partition coefficient (Wildman–Crippen LogP) is 5.77. The zero-order valence-electron chi connectivity index (χ0n) is 18.7. The average Bonchev–Trinajstić information content (AvgIpc) is 2.84. The van der Waals surface area contributed by atoms with Gasteiger partial charge in [-0.15, -0.1) is 0 Å². The highest BCUT2D eigenvalue weighted by molar-refractivity contribution is 6.09. The average molecular weight is 436 g/mol. The third-order valence-corrected chi connectivity index (χ3v) is 6.31. The van der Waals surface area contributed by atoms with Crippen LogP contribution in [0.3, 0.4) is 0 Å². The number of anilines is 2. The van der Waals surface area contributed by atoms with E-state index in [0.717, 1.165) is 27.8 Å². The molecule has 33 heavy (non-hydrogen) atoms. The Balaban J connectivity index is 1.57. The Labute approximate surface area is 193 Å².